The first kappa shape index (κ1) is 16.1. The Morgan fingerprint density at radius 2 is 1.82 bits per heavy atom. The van der Waals surface area contributed by atoms with Gasteiger partial charge in [-0.1, -0.05) is 39.0 Å². The van der Waals surface area contributed by atoms with E-state index in [0.717, 1.165) is 11.4 Å². The van der Waals surface area contributed by atoms with Gasteiger partial charge in [-0.15, -0.1) is 0 Å². The fourth-order valence-electron chi connectivity index (χ4n) is 2.02. The Hall–Kier alpha value is -2.30. The fourth-order valence-corrected chi connectivity index (χ4v) is 2.02. The largest absolute Gasteiger partial charge is 0.336 e. The van der Waals surface area contributed by atoms with Crippen molar-refractivity contribution >= 4 is 11.8 Å². The maximum Gasteiger partial charge on any atom is 0.320 e. The minimum atomic E-state index is -0.229. The Kier molecular flexibility index (Phi) is 4.54. The monoisotopic (exact) mass is 300 g/mol. The average Bonchev–Trinajstić information content (AvgIpc) is 2.82. The van der Waals surface area contributed by atoms with Crippen LogP contribution >= 0.6 is 0 Å². The fraction of sp³-hybridized carbons (Fsp3) is 0.412. The average molecular weight is 300 g/mol. The number of nitrogens with one attached hydrogen (secondary N) is 2. The molecule has 1 aromatic heterocycles. The van der Waals surface area contributed by atoms with E-state index < -0.39 is 0 Å². The minimum absolute atomic E-state index is 0.0789. The number of anilines is 1. The first-order valence-electron chi connectivity index (χ1n) is 7.51. The Balaban J connectivity index is 2.38. The van der Waals surface area contributed by atoms with Crippen LogP contribution in [0, 0.1) is 0 Å². The van der Waals surface area contributed by atoms with Gasteiger partial charge in [-0.25, -0.2) is 9.48 Å². The number of carbonyl (C=O) groups is 1. The second-order valence-corrected chi connectivity index (χ2v) is 6.67. The van der Waals surface area contributed by atoms with E-state index in [1.807, 2.05) is 50.2 Å². The van der Waals surface area contributed by atoms with Crippen LogP contribution in [0.25, 0.3) is 5.69 Å². The molecule has 118 valence electrons. The summed E-state index contributed by atoms with van der Waals surface area (Å²) in [6.45, 7) is 10.2. The van der Waals surface area contributed by atoms with Gasteiger partial charge in [0.15, 0.2) is 0 Å². The van der Waals surface area contributed by atoms with Crippen LogP contribution in [0.5, 0.6) is 0 Å². The quantitative estimate of drug-likeness (QED) is 0.908. The molecular weight excluding hydrogens is 276 g/mol. The number of aromatic nitrogens is 2. The summed E-state index contributed by atoms with van der Waals surface area (Å²) in [5, 5.41) is 10.4. The van der Waals surface area contributed by atoms with Gasteiger partial charge in [0.25, 0.3) is 0 Å². The normalized spacial score (nSPS) is 11.5. The second-order valence-electron chi connectivity index (χ2n) is 6.67. The lowest BCUT2D eigenvalue weighted by molar-refractivity contribution is 0.250. The van der Waals surface area contributed by atoms with E-state index in [4.69, 9.17) is 0 Å². The SMILES string of the molecule is CC(C)NC(=O)Nc1cc(C(C)(C)C)nn1-c1ccccc1. The second kappa shape index (κ2) is 6.22. The summed E-state index contributed by atoms with van der Waals surface area (Å²) >= 11 is 0. The van der Waals surface area contributed by atoms with Crippen LogP contribution in [0.3, 0.4) is 0 Å². The molecule has 2 rings (SSSR count). The summed E-state index contributed by atoms with van der Waals surface area (Å²) in [7, 11) is 0. The summed E-state index contributed by atoms with van der Waals surface area (Å²) in [6.07, 6.45) is 0. The molecule has 0 atom stereocenters. The van der Waals surface area contributed by atoms with Gasteiger partial charge >= 0.3 is 6.03 Å². The summed E-state index contributed by atoms with van der Waals surface area (Å²) in [4.78, 5) is 12.0. The zero-order valence-electron chi connectivity index (χ0n) is 13.8. The highest BCUT2D eigenvalue weighted by molar-refractivity contribution is 5.88. The first-order chi connectivity index (χ1) is 10.3. The van der Waals surface area contributed by atoms with Gasteiger partial charge in [-0.3, -0.25) is 5.32 Å². The van der Waals surface area contributed by atoms with Gasteiger partial charge in [0.1, 0.15) is 5.82 Å². The smallest absolute Gasteiger partial charge is 0.320 e. The Bertz CT molecular complexity index is 638. The molecular formula is C17H24N4O. The summed E-state index contributed by atoms with van der Waals surface area (Å²) in [5.41, 5.74) is 1.75. The molecule has 5 nitrogen and oxygen atoms in total. The standard InChI is InChI=1S/C17H24N4O/c1-12(2)18-16(22)19-15-11-14(17(3,4)5)20-21(15)13-9-7-6-8-10-13/h6-12H,1-5H3,(H2,18,19,22). The first-order valence-corrected chi connectivity index (χ1v) is 7.51. The molecule has 0 saturated heterocycles. The molecule has 1 aromatic carbocycles. The van der Waals surface area contributed by atoms with Crippen molar-refractivity contribution in [1.82, 2.24) is 15.1 Å². The van der Waals surface area contributed by atoms with Crippen molar-refractivity contribution in [2.75, 3.05) is 5.32 Å². The van der Waals surface area contributed by atoms with E-state index in [-0.39, 0.29) is 17.5 Å². The van der Waals surface area contributed by atoms with Crippen molar-refractivity contribution in [3.05, 3.63) is 42.1 Å². The Morgan fingerprint density at radius 1 is 1.18 bits per heavy atom. The number of amides is 2. The van der Waals surface area contributed by atoms with Crippen LogP contribution in [0.2, 0.25) is 0 Å². The molecule has 5 heteroatoms. The van der Waals surface area contributed by atoms with E-state index in [0.29, 0.717) is 5.82 Å². The van der Waals surface area contributed by atoms with Crippen molar-refractivity contribution in [3.63, 3.8) is 0 Å². The number of hydrogen-bond donors (Lipinski definition) is 2. The molecule has 2 amide bonds. The highest BCUT2D eigenvalue weighted by Crippen LogP contribution is 2.26. The van der Waals surface area contributed by atoms with Gasteiger partial charge in [-0.2, -0.15) is 5.10 Å². The molecule has 0 bridgehead atoms. The maximum atomic E-state index is 12.0. The van der Waals surface area contributed by atoms with Gasteiger partial charge in [0, 0.05) is 17.5 Å². The third-order valence-corrected chi connectivity index (χ3v) is 3.14. The lowest BCUT2D eigenvalue weighted by Gasteiger charge is -2.14. The van der Waals surface area contributed by atoms with Crippen molar-refractivity contribution in [2.24, 2.45) is 0 Å². The molecule has 0 spiro atoms. The third kappa shape index (κ3) is 3.87. The predicted octanol–water partition coefficient (Wildman–Crippen LogP) is 3.70. The highest BCUT2D eigenvalue weighted by Gasteiger charge is 2.21. The van der Waals surface area contributed by atoms with Crippen LogP contribution in [0.4, 0.5) is 10.6 Å². The number of hydrogen-bond acceptors (Lipinski definition) is 2. The van der Waals surface area contributed by atoms with E-state index in [9.17, 15) is 4.79 Å². The van der Waals surface area contributed by atoms with E-state index in [1.165, 1.54) is 0 Å². The molecule has 0 aliphatic heterocycles. The molecule has 2 N–H and O–H groups in total. The topological polar surface area (TPSA) is 59.0 Å². The minimum Gasteiger partial charge on any atom is -0.336 e. The lowest BCUT2D eigenvalue weighted by Crippen LogP contribution is -2.34. The number of benzene rings is 1. The molecule has 0 fully saturated rings. The maximum absolute atomic E-state index is 12.0. The summed E-state index contributed by atoms with van der Waals surface area (Å²) in [6, 6.07) is 11.6. The van der Waals surface area contributed by atoms with Gasteiger partial charge < -0.3 is 5.32 Å². The number of urea groups is 1. The highest BCUT2D eigenvalue weighted by atomic mass is 16.2. The van der Waals surface area contributed by atoms with Crippen molar-refractivity contribution in [1.29, 1.82) is 0 Å². The van der Waals surface area contributed by atoms with Gasteiger partial charge in [-0.05, 0) is 26.0 Å². The molecule has 0 aliphatic carbocycles. The van der Waals surface area contributed by atoms with Crippen molar-refractivity contribution in [3.8, 4) is 5.69 Å². The van der Waals surface area contributed by atoms with Crippen LogP contribution in [-0.2, 0) is 5.41 Å². The van der Waals surface area contributed by atoms with Crippen LogP contribution in [0.15, 0.2) is 36.4 Å². The molecule has 22 heavy (non-hydrogen) atoms. The Morgan fingerprint density at radius 3 is 2.36 bits per heavy atom. The molecule has 0 saturated carbocycles. The van der Waals surface area contributed by atoms with E-state index in [2.05, 4.69) is 36.5 Å². The molecule has 1 heterocycles. The molecule has 2 aromatic rings. The summed E-state index contributed by atoms with van der Waals surface area (Å²) in [5.74, 6) is 0.661. The van der Waals surface area contributed by atoms with E-state index >= 15 is 0 Å². The molecule has 0 aliphatic rings. The predicted molar refractivity (Wildman–Crippen MR) is 89.6 cm³/mol. The van der Waals surface area contributed by atoms with Crippen molar-refractivity contribution < 1.29 is 4.79 Å². The third-order valence-electron chi connectivity index (χ3n) is 3.14. The van der Waals surface area contributed by atoms with Gasteiger partial charge in [0.2, 0.25) is 0 Å². The molecule has 0 unspecified atom stereocenters. The number of para-hydroxylation sites is 1. The number of nitrogens with zero attached hydrogens (tertiary/aromatic N) is 2. The molecule has 0 radical (unpaired) electrons. The van der Waals surface area contributed by atoms with Crippen LogP contribution in [-0.4, -0.2) is 21.9 Å². The van der Waals surface area contributed by atoms with Crippen LogP contribution < -0.4 is 10.6 Å². The van der Waals surface area contributed by atoms with Gasteiger partial charge in [0.05, 0.1) is 11.4 Å². The Labute approximate surface area is 131 Å². The number of rotatable bonds is 3. The summed E-state index contributed by atoms with van der Waals surface area (Å²) < 4.78 is 1.76. The van der Waals surface area contributed by atoms with Crippen LogP contribution in [0.1, 0.15) is 40.3 Å². The number of carbonyl (C=O) groups excluding carboxylic acids is 1. The van der Waals surface area contributed by atoms with Crippen molar-refractivity contribution in [2.45, 2.75) is 46.1 Å². The lowest BCUT2D eigenvalue weighted by atomic mass is 9.92. The zero-order chi connectivity index (χ0) is 16.3. The zero-order valence-corrected chi connectivity index (χ0v) is 13.8. The van der Waals surface area contributed by atoms with E-state index in [1.54, 1.807) is 4.68 Å².